The molecule has 2 saturated heterocycles. The second-order valence-electron chi connectivity index (χ2n) is 13.4. The van der Waals surface area contributed by atoms with E-state index in [2.05, 4.69) is 22.1 Å². The molecule has 2 aromatic heterocycles. The Morgan fingerprint density at radius 1 is 1.00 bits per heavy atom. The Morgan fingerprint density at radius 2 is 1.79 bits per heavy atom. The van der Waals surface area contributed by atoms with Gasteiger partial charge in [0.2, 0.25) is 11.9 Å². The number of sulfone groups is 1. The van der Waals surface area contributed by atoms with Gasteiger partial charge in [-0.3, -0.25) is 14.5 Å². The number of esters is 1. The van der Waals surface area contributed by atoms with Gasteiger partial charge in [-0.1, -0.05) is 13.0 Å². The average molecular weight is 681 g/mol. The summed E-state index contributed by atoms with van der Waals surface area (Å²) in [5.74, 6) is 2.21. The lowest BCUT2D eigenvalue weighted by molar-refractivity contribution is -0.157. The second-order valence-corrected chi connectivity index (χ2v) is 15.6. The van der Waals surface area contributed by atoms with Gasteiger partial charge in [0, 0.05) is 61.9 Å². The Labute approximate surface area is 283 Å². The van der Waals surface area contributed by atoms with Crippen LogP contribution in [0, 0.1) is 5.92 Å². The number of fused-ring (bicyclic) bond motifs is 1. The van der Waals surface area contributed by atoms with Gasteiger partial charge in [0.05, 0.1) is 17.9 Å². The lowest BCUT2D eigenvalue weighted by atomic mass is 9.85. The van der Waals surface area contributed by atoms with Crippen molar-refractivity contribution in [2.75, 3.05) is 50.1 Å². The third-order valence-electron chi connectivity index (χ3n) is 9.99. The number of aromatic nitrogens is 3. The molecule has 3 aromatic rings. The molecule has 48 heavy (non-hydrogen) atoms. The second kappa shape index (κ2) is 15.2. The number of nitrogens with one attached hydrogen (secondary N) is 1. The summed E-state index contributed by atoms with van der Waals surface area (Å²) in [6.45, 7) is 5.52. The zero-order valence-corrected chi connectivity index (χ0v) is 28.9. The highest BCUT2D eigenvalue weighted by Crippen LogP contribution is 2.31. The molecule has 4 heterocycles. The fourth-order valence-corrected chi connectivity index (χ4v) is 8.00. The first-order valence-corrected chi connectivity index (χ1v) is 19.5. The summed E-state index contributed by atoms with van der Waals surface area (Å²) in [6, 6.07) is 9.70. The van der Waals surface area contributed by atoms with Crippen LogP contribution in [0.4, 0.5) is 5.95 Å². The number of likely N-dealkylation sites (N-methyl/N-ethyl adjacent to an activating group) is 1. The first-order valence-electron chi connectivity index (χ1n) is 17.4. The topological polar surface area (TPSA) is 136 Å². The highest BCUT2D eigenvalue weighted by Gasteiger charge is 2.35. The minimum atomic E-state index is -3.02. The van der Waals surface area contributed by atoms with E-state index in [-0.39, 0.29) is 41.7 Å². The van der Waals surface area contributed by atoms with Crippen molar-refractivity contribution in [2.45, 2.75) is 82.9 Å². The van der Waals surface area contributed by atoms with Crippen LogP contribution in [0.25, 0.3) is 16.7 Å². The molecule has 0 spiro atoms. The monoisotopic (exact) mass is 680 g/mol. The Hall–Kier alpha value is -3.71. The molecule has 260 valence electrons. The summed E-state index contributed by atoms with van der Waals surface area (Å²) in [5, 5.41) is 4.42. The van der Waals surface area contributed by atoms with E-state index in [1.807, 2.05) is 46.0 Å². The number of amides is 1. The molecule has 1 amide bonds. The van der Waals surface area contributed by atoms with Crippen molar-refractivity contribution in [3.63, 3.8) is 0 Å². The zero-order valence-electron chi connectivity index (χ0n) is 28.1. The number of rotatable bonds is 12. The van der Waals surface area contributed by atoms with Crippen molar-refractivity contribution in [2.24, 2.45) is 5.92 Å². The van der Waals surface area contributed by atoms with E-state index in [1.165, 1.54) is 6.26 Å². The molecule has 0 unspecified atom stereocenters. The van der Waals surface area contributed by atoms with E-state index >= 15 is 0 Å². The molecular weight excluding hydrogens is 632 g/mol. The fraction of sp³-hybridized carbons (Fsp3) is 0.600. The Kier molecular flexibility index (Phi) is 10.8. The standard InChI is InChI=1S/C35H48N6O6S/c1-3-39-19-5-8-30(39)34(43)47-27-15-20-40(21-16-27)33(42)25-10-12-26(13-11-25)37-35-36-18-14-32(38-35)41-22-17-28-29(41)7-4-9-31(28)46-23-6-24-48(2,44)45/h4,7,9,14,17-18,22,25-27,30H,3,5-6,8,10-13,15-16,19-21,23-24H2,1-2H3,(H,36,37,38)/t25?,26?,30-/m0/s1. The number of likely N-dealkylation sites (tertiary alicyclic amines) is 2. The van der Waals surface area contributed by atoms with E-state index in [9.17, 15) is 18.0 Å². The minimum absolute atomic E-state index is 0.0139. The summed E-state index contributed by atoms with van der Waals surface area (Å²) in [7, 11) is -3.02. The number of carbonyl (C=O) groups excluding carboxylic acids is 2. The maximum Gasteiger partial charge on any atom is 0.323 e. The molecule has 13 heteroatoms. The Morgan fingerprint density at radius 3 is 2.54 bits per heavy atom. The summed E-state index contributed by atoms with van der Waals surface area (Å²) in [4.78, 5) is 39.6. The SMILES string of the molecule is CCN1CCC[C@H]1C(=O)OC1CCN(C(=O)C2CCC(Nc3nccc(-n4ccc5c(OCCCS(C)(=O)=O)cccc54)n3)CC2)CC1. The molecule has 1 saturated carbocycles. The molecule has 3 fully saturated rings. The molecule has 0 radical (unpaired) electrons. The summed E-state index contributed by atoms with van der Waals surface area (Å²) < 4.78 is 36.7. The molecule has 0 bridgehead atoms. The van der Waals surface area contributed by atoms with Gasteiger partial charge in [-0.2, -0.15) is 4.98 Å². The first kappa shape index (κ1) is 34.2. The molecular formula is C35H48N6O6S. The van der Waals surface area contributed by atoms with E-state index in [0.29, 0.717) is 50.7 Å². The van der Waals surface area contributed by atoms with Gasteiger partial charge in [0.25, 0.3) is 0 Å². The molecule has 6 rings (SSSR count). The Balaban J connectivity index is 0.975. The third-order valence-corrected chi connectivity index (χ3v) is 11.0. The van der Waals surface area contributed by atoms with Crippen LogP contribution in [0.2, 0.25) is 0 Å². The van der Waals surface area contributed by atoms with Gasteiger partial charge in [0.15, 0.2) is 0 Å². The molecule has 1 atom stereocenters. The normalized spacial score (nSPS) is 22.5. The van der Waals surface area contributed by atoms with Crippen LogP contribution in [-0.2, 0) is 24.2 Å². The average Bonchev–Trinajstić information content (AvgIpc) is 3.75. The molecule has 3 aliphatic rings. The lowest BCUT2D eigenvalue weighted by Crippen LogP contribution is -2.46. The maximum atomic E-state index is 13.4. The number of benzene rings is 1. The summed E-state index contributed by atoms with van der Waals surface area (Å²) in [5.41, 5.74) is 0.929. The highest BCUT2D eigenvalue weighted by molar-refractivity contribution is 7.90. The Bertz CT molecular complexity index is 1680. The van der Waals surface area contributed by atoms with Crippen LogP contribution in [0.15, 0.2) is 42.7 Å². The maximum absolute atomic E-state index is 13.4. The summed E-state index contributed by atoms with van der Waals surface area (Å²) in [6.07, 6.45) is 11.9. The number of hydrogen-bond donors (Lipinski definition) is 1. The van der Waals surface area contributed by atoms with Crippen molar-refractivity contribution >= 4 is 38.6 Å². The van der Waals surface area contributed by atoms with Crippen LogP contribution in [0.3, 0.4) is 0 Å². The molecule has 1 N–H and O–H groups in total. The van der Waals surface area contributed by atoms with Crippen LogP contribution in [0.1, 0.15) is 64.7 Å². The van der Waals surface area contributed by atoms with Crippen LogP contribution in [-0.4, -0.2) is 108 Å². The predicted octanol–water partition coefficient (Wildman–Crippen LogP) is 4.22. The highest BCUT2D eigenvalue weighted by atomic mass is 32.2. The van der Waals surface area contributed by atoms with Crippen molar-refractivity contribution in [3.8, 4) is 11.6 Å². The number of hydrogen-bond acceptors (Lipinski definition) is 10. The lowest BCUT2D eigenvalue weighted by Gasteiger charge is -2.36. The van der Waals surface area contributed by atoms with Gasteiger partial charge in [-0.25, -0.2) is 13.4 Å². The van der Waals surface area contributed by atoms with Crippen molar-refractivity contribution in [1.82, 2.24) is 24.3 Å². The quantitative estimate of drug-likeness (QED) is 0.219. The molecule has 12 nitrogen and oxygen atoms in total. The van der Waals surface area contributed by atoms with Crippen molar-refractivity contribution < 1.29 is 27.5 Å². The molecule has 1 aromatic carbocycles. The summed E-state index contributed by atoms with van der Waals surface area (Å²) >= 11 is 0. The van der Waals surface area contributed by atoms with Crippen molar-refractivity contribution in [1.29, 1.82) is 0 Å². The van der Waals surface area contributed by atoms with Gasteiger partial charge in [0.1, 0.15) is 33.6 Å². The van der Waals surface area contributed by atoms with Gasteiger partial charge in [-0.05, 0) is 82.3 Å². The van der Waals surface area contributed by atoms with Gasteiger partial charge in [-0.15, -0.1) is 0 Å². The van der Waals surface area contributed by atoms with Crippen LogP contribution in [0.5, 0.6) is 5.75 Å². The predicted molar refractivity (Wildman–Crippen MR) is 184 cm³/mol. The fourth-order valence-electron chi connectivity index (χ4n) is 7.36. The van der Waals surface area contributed by atoms with E-state index in [0.717, 1.165) is 68.3 Å². The number of ether oxygens (including phenoxy) is 2. The zero-order chi connectivity index (χ0) is 33.7. The van der Waals surface area contributed by atoms with E-state index in [1.54, 1.807) is 6.20 Å². The van der Waals surface area contributed by atoms with Gasteiger partial charge < -0.3 is 24.3 Å². The number of carbonyl (C=O) groups is 2. The van der Waals surface area contributed by atoms with Crippen LogP contribution < -0.4 is 10.1 Å². The number of piperidine rings is 1. The number of nitrogens with zero attached hydrogens (tertiary/aromatic N) is 5. The first-order chi connectivity index (χ1) is 23.2. The molecule has 2 aliphatic heterocycles. The number of anilines is 1. The minimum Gasteiger partial charge on any atom is -0.493 e. The van der Waals surface area contributed by atoms with Crippen molar-refractivity contribution in [3.05, 3.63) is 42.7 Å². The van der Waals surface area contributed by atoms with E-state index in [4.69, 9.17) is 14.5 Å². The molecule has 1 aliphatic carbocycles. The van der Waals surface area contributed by atoms with Gasteiger partial charge >= 0.3 is 5.97 Å². The third kappa shape index (κ3) is 8.28. The largest absolute Gasteiger partial charge is 0.493 e. The van der Waals surface area contributed by atoms with E-state index < -0.39 is 9.84 Å². The van der Waals surface area contributed by atoms with Crippen LogP contribution >= 0.6 is 0 Å². The smallest absolute Gasteiger partial charge is 0.323 e.